The summed E-state index contributed by atoms with van der Waals surface area (Å²) in [5, 5.41) is 9.34. The lowest BCUT2D eigenvalue weighted by Crippen LogP contribution is -2.43. The number of fused-ring (bicyclic) bond motifs is 1. The summed E-state index contributed by atoms with van der Waals surface area (Å²) in [4.78, 5) is 30.9. The van der Waals surface area contributed by atoms with Gasteiger partial charge >= 0.3 is 0 Å². The molecule has 36 heavy (non-hydrogen) atoms. The molecule has 4 N–H and O–H groups in total. The summed E-state index contributed by atoms with van der Waals surface area (Å²) in [6.07, 6.45) is 4.09. The molecule has 1 aliphatic rings. The molecule has 0 aliphatic carbocycles. The molecule has 4 aromatic rings. The number of rotatable bonds is 10. The summed E-state index contributed by atoms with van der Waals surface area (Å²) in [6, 6.07) is 9.18. The monoisotopic (exact) mass is 492 g/mol. The molecule has 0 spiro atoms. The Hall–Kier alpha value is -3.83. The van der Waals surface area contributed by atoms with E-state index in [1.54, 1.807) is 0 Å². The standard InChI is InChI=1S/C25H29FN8O2/c26-18-2-1-7-29-21(18)15-30-25(35)22-16-36-24(33-22)6-9-27-8-5-23-31-19-4-3-17(14-20(19)32-23)34-12-10-28-11-13-34/h1-4,7,14,16,27-28H,5-6,8-13,15H2,(H,30,35)(H,31,32). The third-order valence-electron chi connectivity index (χ3n) is 6.09. The van der Waals surface area contributed by atoms with Crippen LogP contribution in [0.2, 0.25) is 0 Å². The molecule has 0 unspecified atom stereocenters. The Morgan fingerprint density at radius 3 is 2.86 bits per heavy atom. The van der Waals surface area contributed by atoms with E-state index in [0.29, 0.717) is 18.9 Å². The van der Waals surface area contributed by atoms with Crippen LogP contribution in [0.5, 0.6) is 0 Å². The summed E-state index contributed by atoms with van der Waals surface area (Å²) < 4.78 is 19.0. The number of nitrogens with zero attached hydrogens (tertiary/aromatic N) is 4. The topological polar surface area (TPSA) is 124 Å². The van der Waals surface area contributed by atoms with Gasteiger partial charge in [0, 0.05) is 64.0 Å². The minimum Gasteiger partial charge on any atom is -0.448 e. The lowest BCUT2D eigenvalue weighted by Gasteiger charge is -2.29. The number of hydrogen-bond acceptors (Lipinski definition) is 8. The van der Waals surface area contributed by atoms with Gasteiger partial charge < -0.3 is 30.3 Å². The van der Waals surface area contributed by atoms with Gasteiger partial charge in [-0.25, -0.2) is 14.4 Å². The molecule has 4 heterocycles. The minimum atomic E-state index is -0.465. The number of amides is 1. The maximum absolute atomic E-state index is 13.6. The molecule has 188 valence electrons. The Morgan fingerprint density at radius 2 is 2.00 bits per heavy atom. The number of H-pyrrole nitrogens is 1. The highest BCUT2D eigenvalue weighted by atomic mass is 19.1. The second kappa shape index (κ2) is 11.3. The van der Waals surface area contributed by atoms with E-state index >= 15 is 0 Å². The van der Waals surface area contributed by atoms with Crippen LogP contribution in [0, 0.1) is 5.82 Å². The van der Waals surface area contributed by atoms with Gasteiger partial charge in [-0.2, -0.15) is 0 Å². The fraction of sp³-hybridized carbons (Fsp3) is 0.360. The number of carbonyl (C=O) groups is 1. The maximum atomic E-state index is 13.6. The van der Waals surface area contributed by atoms with Crippen molar-refractivity contribution in [2.24, 2.45) is 0 Å². The number of anilines is 1. The van der Waals surface area contributed by atoms with E-state index in [1.807, 2.05) is 0 Å². The lowest BCUT2D eigenvalue weighted by atomic mass is 10.2. The Balaban J connectivity index is 1.05. The number of aromatic amines is 1. The first-order chi connectivity index (χ1) is 17.7. The number of pyridine rings is 1. The SMILES string of the molecule is O=C(NCc1ncccc1F)c1coc(CCNCCc2nc3ccc(N4CCNCC4)cc3[nH]2)n1. The van der Waals surface area contributed by atoms with Crippen molar-refractivity contribution in [2.45, 2.75) is 19.4 Å². The summed E-state index contributed by atoms with van der Waals surface area (Å²) in [5.41, 5.74) is 3.57. The van der Waals surface area contributed by atoms with Crippen LogP contribution in [-0.2, 0) is 19.4 Å². The zero-order valence-corrected chi connectivity index (χ0v) is 19.9. The Morgan fingerprint density at radius 1 is 1.14 bits per heavy atom. The molecule has 11 heteroatoms. The zero-order chi connectivity index (χ0) is 24.7. The summed E-state index contributed by atoms with van der Waals surface area (Å²) in [7, 11) is 0. The van der Waals surface area contributed by atoms with Crippen molar-refractivity contribution in [1.29, 1.82) is 0 Å². The van der Waals surface area contributed by atoms with Crippen LogP contribution >= 0.6 is 0 Å². The molecular weight excluding hydrogens is 463 g/mol. The van der Waals surface area contributed by atoms with Gasteiger partial charge in [0.25, 0.3) is 5.91 Å². The Kier molecular flexibility index (Phi) is 7.48. The molecule has 3 aromatic heterocycles. The Labute approximate surface area is 207 Å². The Bertz CT molecular complexity index is 1310. The van der Waals surface area contributed by atoms with Gasteiger partial charge in [0.05, 0.1) is 23.3 Å². The molecule has 1 aliphatic heterocycles. The summed E-state index contributed by atoms with van der Waals surface area (Å²) in [5.74, 6) is 0.496. The number of carbonyl (C=O) groups excluding carboxylic acids is 1. The third kappa shape index (κ3) is 5.86. The van der Waals surface area contributed by atoms with Crippen molar-refractivity contribution >= 4 is 22.6 Å². The first-order valence-corrected chi connectivity index (χ1v) is 12.1. The van der Waals surface area contributed by atoms with Crippen LogP contribution < -0.4 is 20.9 Å². The van der Waals surface area contributed by atoms with Gasteiger partial charge in [-0.1, -0.05) is 0 Å². The fourth-order valence-electron chi connectivity index (χ4n) is 4.15. The van der Waals surface area contributed by atoms with Gasteiger partial charge in [0.15, 0.2) is 11.6 Å². The fourth-order valence-corrected chi connectivity index (χ4v) is 4.15. The summed E-state index contributed by atoms with van der Waals surface area (Å²) in [6.45, 7) is 5.41. The molecule has 1 aromatic carbocycles. The number of hydrogen-bond donors (Lipinski definition) is 4. The van der Waals surface area contributed by atoms with Crippen molar-refractivity contribution in [3.8, 4) is 0 Å². The second-order valence-electron chi connectivity index (χ2n) is 8.61. The van der Waals surface area contributed by atoms with Crippen LogP contribution in [0.15, 0.2) is 47.2 Å². The molecule has 10 nitrogen and oxygen atoms in total. The van der Waals surface area contributed by atoms with Gasteiger partial charge in [0.1, 0.15) is 17.9 Å². The number of nitrogens with one attached hydrogen (secondary N) is 4. The van der Waals surface area contributed by atoms with Gasteiger partial charge in [-0.05, 0) is 30.3 Å². The molecule has 0 atom stereocenters. The first-order valence-electron chi connectivity index (χ1n) is 12.1. The summed E-state index contributed by atoms with van der Waals surface area (Å²) >= 11 is 0. The quantitative estimate of drug-likeness (QED) is 0.247. The average molecular weight is 493 g/mol. The van der Waals surface area contributed by atoms with Gasteiger partial charge in [-0.3, -0.25) is 9.78 Å². The molecule has 5 rings (SSSR count). The highest BCUT2D eigenvalue weighted by molar-refractivity contribution is 5.91. The lowest BCUT2D eigenvalue weighted by molar-refractivity contribution is 0.0945. The van der Waals surface area contributed by atoms with Crippen molar-refractivity contribution < 1.29 is 13.6 Å². The van der Waals surface area contributed by atoms with Crippen molar-refractivity contribution in [2.75, 3.05) is 44.2 Å². The van der Waals surface area contributed by atoms with Crippen molar-refractivity contribution in [3.63, 3.8) is 0 Å². The highest BCUT2D eigenvalue weighted by Crippen LogP contribution is 2.21. The predicted molar refractivity (Wildman–Crippen MR) is 133 cm³/mol. The molecule has 1 amide bonds. The molecular formula is C25H29FN8O2. The average Bonchev–Trinajstić information content (AvgIpc) is 3.55. The number of imidazole rings is 1. The largest absolute Gasteiger partial charge is 0.448 e. The van der Waals surface area contributed by atoms with E-state index in [-0.39, 0.29) is 17.9 Å². The van der Waals surface area contributed by atoms with E-state index in [9.17, 15) is 9.18 Å². The maximum Gasteiger partial charge on any atom is 0.273 e. The number of piperazine rings is 1. The van der Waals surface area contributed by atoms with E-state index in [0.717, 1.165) is 56.0 Å². The third-order valence-corrected chi connectivity index (χ3v) is 6.09. The molecule has 1 saturated heterocycles. The van der Waals surface area contributed by atoms with Crippen LogP contribution in [-0.4, -0.2) is 65.1 Å². The molecule has 1 fully saturated rings. The molecule has 0 saturated carbocycles. The van der Waals surface area contributed by atoms with E-state index < -0.39 is 11.7 Å². The van der Waals surface area contributed by atoms with Crippen LogP contribution in [0.3, 0.4) is 0 Å². The van der Waals surface area contributed by atoms with Crippen LogP contribution in [0.25, 0.3) is 11.0 Å². The van der Waals surface area contributed by atoms with Crippen molar-refractivity contribution in [3.05, 3.63) is 71.7 Å². The molecule has 0 bridgehead atoms. The predicted octanol–water partition coefficient (Wildman–Crippen LogP) is 1.80. The molecule has 0 radical (unpaired) electrons. The van der Waals surface area contributed by atoms with E-state index in [4.69, 9.17) is 9.40 Å². The van der Waals surface area contributed by atoms with Gasteiger partial charge in [-0.15, -0.1) is 0 Å². The zero-order valence-electron chi connectivity index (χ0n) is 19.9. The number of benzene rings is 1. The minimum absolute atomic E-state index is 0.0197. The number of aromatic nitrogens is 4. The van der Waals surface area contributed by atoms with Crippen molar-refractivity contribution in [1.82, 2.24) is 35.9 Å². The van der Waals surface area contributed by atoms with Gasteiger partial charge in [0.2, 0.25) is 0 Å². The van der Waals surface area contributed by atoms with E-state index in [1.165, 1.54) is 30.3 Å². The highest BCUT2D eigenvalue weighted by Gasteiger charge is 2.14. The van der Waals surface area contributed by atoms with Crippen LogP contribution in [0.1, 0.15) is 27.9 Å². The normalized spacial score (nSPS) is 13.9. The first kappa shape index (κ1) is 23.9. The smallest absolute Gasteiger partial charge is 0.273 e. The van der Waals surface area contributed by atoms with E-state index in [2.05, 4.69) is 54.0 Å². The van der Waals surface area contributed by atoms with Crippen LogP contribution in [0.4, 0.5) is 10.1 Å². The number of oxazole rings is 1. The second-order valence-corrected chi connectivity index (χ2v) is 8.61. The number of halogens is 1.